The van der Waals surface area contributed by atoms with Crippen LogP contribution in [-0.4, -0.2) is 18.1 Å². The molecule has 0 aliphatic rings. The number of alkyl halides is 3. The molecule has 3 nitrogen and oxygen atoms in total. The van der Waals surface area contributed by atoms with Crippen molar-refractivity contribution in [2.45, 2.75) is 13.1 Å². The third-order valence-electron chi connectivity index (χ3n) is 3.04. The second-order valence-corrected chi connectivity index (χ2v) is 4.48. The van der Waals surface area contributed by atoms with Crippen LogP contribution in [0.1, 0.15) is 21.5 Å². The lowest BCUT2D eigenvalue weighted by Gasteiger charge is -2.12. The van der Waals surface area contributed by atoms with Crippen LogP contribution >= 0.6 is 0 Å². The number of benzene rings is 1. The molecule has 6 heteroatoms. The first-order chi connectivity index (χ1) is 9.82. The van der Waals surface area contributed by atoms with E-state index in [2.05, 4.69) is 9.72 Å². The van der Waals surface area contributed by atoms with Crippen LogP contribution in [0.25, 0.3) is 11.1 Å². The average molecular weight is 295 g/mol. The molecule has 0 saturated heterocycles. The second kappa shape index (κ2) is 5.55. The Kier molecular flexibility index (Phi) is 3.97. The molecule has 0 radical (unpaired) electrons. The lowest BCUT2D eigenvalue weighted by Crippen LogP contribution is -2.07. The Morgan fingerprint density at radius 1 is 1.14 bits per heavy atom. The highest BCUT2D eigenvalue weighted by Gasteiger charge is 2.32. The molecule has 0 fully saturated rings. The monoisotopic (exact) mass is 295 g/mol. The summed E-state index contributed by atoms with van der Waals surface area (Å²) in [5.74, 6) is -0.590. The number of hydrogen-bond donors (Lipinski definition) is 0. The van der Waals surface area contributed by atoms with E-state index in [4.69, 9.17) is 0 Å². The fourth-order valence-electron chi connectivity index (χ4n) is 1.93. The van der Waals surface area contributed by atoms with Gasteiger partial charge < -0.3 is 4.74 Å². The number of carbonyl (C=O) groups is 1. The van der Waals surface area contributed by atoms with Crippen LogP contribution in [0.3, 0.4) is 0 Å². The smallest absolute Gasteiger partial charge is 0.416 e. The van der Waals surface area contributed by atoms with Gasteiger partial charge in [-0.15, -0.1) is 0 Å². The molecule has 1 heterocycles. The number of methoxy groups -OCH3 is 1. The summed E-state index contributed by atoms with van der Waals surface area (Å²) in [6.07, 6.45) is -1.72. The second-order valence-electron chi connectivity index (χ2n) is 4.48. The Balaban J connectivity index is 2.50. The van der Waals surface area contributed by atoms with Crippen molar-refractivity contribution in [1.29, 1.82) is 0 Å². The van der Waals surface area contributed by atoms with Gasteiger partial charge in [-0.2, -0.15) is 13.2 Å². The van der Waals surface area contributed by atoms with Gasteiger partial charge in [0.25, 0.3) is 0 Å². The largest absolute Gasteiger partial charge is 0.465 e. The van der Waals surface area contributed by atoms with Crippen molar-refractivity contribution in [2.24, 2.45) is 0 Å². The number of ether oxygens (including phenoxy) is 1. The molecular weight excluding hydrogens is 283 g/mol. The van der Waals surface area contributed by atoms with Crippen LogP contribution < -0.4 is 0 Å². The number of aryl methyl sites for hydroxylation is 1. The number of aromatic nitrogens is 1. The van der Waals surface area contributed by atoms with Crippen LogP contribution in [0.5, 0.6) is 0 Å². The predicted octanol–water partition coefficient (Wildman–Crippen LogP) is 3.86. The van der Waals surface area contributed by atoms with E-state index in [9.17, 15) is 18.0 Å². The van der Waals surface area contributed by atoms with E-state index in [1.807, 2.05) is 0 Å². The molecule has 1 aromatic heterocycles. The maximum atomic E-state index is 12.9. The van der Waals surface area contributed by atoms with E-state index in [0.29, 0.717) is 11.1 Å². The van der Waals surface area contributed by atoms with Gasteiger partial charge in [-0.25, -0.2) is 4.79 Å². The summed E-state index contributed by atoms with van der Waals surface area (Å²) in [5, 5.41) is 0. The SMILES string of the molecule is COC(=O)c1cncc(-c2ccc(C)c(C(F)(F)F)c2)c1. The maximum Gasteiger partial charge on any atom is 0.416 e. The Hall–Kier alpha value is -2.37. The fourth-order valence-corrected chi connectivity index (χ4v) is 1.93. The highest BCUT2D eigenvalue weighted by Crippen LogP contribution is 2.34. The fraction of sp³-hybridized carbons (Fsp3) is 0.200. The van der Waals surface area contributed by atoms with Crippen molar-refractivity contribution >= 4 is 5.97 Å². The Morgan fingerprint density at radius 2 is 1.86 bits per heavy atom. The van der Waals surface area contributed by atoms with E-state index < -0.39 is 17.7 Å². The first kappa shape index (κ1) is 15.0. The van der Waals surface area contributed by atoms with Crippen LogP contribution in [0.15, 0.2) is 36.7 Å². The topological polar surface area (TPSA) is 39.2 Å². The molecule has 0 spiro atoms. The van der Waals surface area contributed by atoms with E-state index in [0.717, 1.165) is 6.07 Å². The Morgan fingerprint density at radius 3 is 2.48 bits per heavy atom. The van der Waals surface area contributed by atoms with E-state index >= 15 is 0 Å². The van der Waals surface area contributed by atoms with Crippen LogP contribution in [0.4, 0.5) is 13.2 Å². The summed E-state index contributed by atoms with van der Waals surface area (Å²) in [7, 11) is 1.22. The van der Waals surface area contributed by atoms with Gasteiger partial charge >= 0.3 is 12.1 Å². The Labute approximate surface area is 119 Å². The van der Waals surface area contributed by atoms with Crippen LogP contribution in [0, 0.1) is 6.92 Å². The van der Waals surface area contributed by atoms with Gasteiger partial charge in [0.1, 0.15) is 0 Å². The van der Waals surface area contributed by atoms with Gasteiger partial charge in [-0.3, -0.25) is 4.98 Å². The van der Waals surface area contributed by atoms with Gasteiger partial charge in [0.05, 0.1) is 18.2 Å². The van der Waals surface area contributed by atoms with Crippen molar-refractivity contribution in [3.8, 4) is 11.1 Å². The van der Waals surface area contributed by atoms with Gasteiger partial charge in [0.15, 0.2) is 0 Å². The third-order valence-corrected chi connectivity index (χ3v) is 3.04. The summed E-state index contributed by atoms with van der Waals surface area (Å²) in [5.41, 5.74) is 0.380. The number of esters is 1. The normalized spacial score (nSPS) is 11.3. The average Bonchev–Trinajstić information content (AvgIpc) is 2.46. The third kappa shape index (κ3) is 3.21. The number of carbonyl (C=O) groups excluding carboxylic acids is 1. The van der Waals surface area contributed by atoms with Crippen molar-refractivity contribution in [2.75, 3.05) is 7.11 Å². The molecule has 0 saturated carbocycles. The number of rotatable bonds is 2. The van der Waals surface area contributed by atoms with Crippen molar-refractivity contribution in [3.05, 3.63) is 53.3 Å². The van der Waals surface area contributed by atoms with Gasteiger partial charge in [-0.05, 0) is 30.2 Å². The zero-order valence-electron chi connectivity index (χ0n) is 11.4. The zero-order valence-corrected chi connectivity index (χ0v) is 11.4. The molecule has 1 aromatic carbocycles. The summed E-state index contributed by atoms with van der Waals surface area (Å²) >= 11 is 0. The van der Waals surface area contributed by atoms with Gasteiger partial charge in [0, 0.05) is 18.0 Å². The molecule has 0 unspecified atom stereocenters. The summed E-state index contributed by atoms with van der Waals surface area (Å²) in [4.78, 5) is 15.3. The van der Waals surface area contributed by atoms with Crippen molar-refractivity contribution in [3.63, 3.8) is 0 Å². The highest BCUT2D eigenvalue weighted by atomic mass is 19.4. The number of hydrogen-bond acceptors (Lipinski definition) is 3. The molecule has 110 valence electrons. The number of halogens is 3. The standard InChI is InChI=1S/C15H12F3NO2/c1-9-3-4-10(6-13(9)15(16,17)18)11-5-12(8-19-7-11)14(20)21-2/h3-8H,1-2H3. The number of nitrogens with zero attached hydrogens (tertiary/aromatic N) is 1. The van der Waals surface area contributed by atoms with E-state index in [-0.39, 0.29) is 11.1 Å². The molecular formula is C15H12F3NO2. The molecule has 2 aromatic rings. The minimum atomic E-state index is -4.42. The first-order valence-corrected chi connectivity index (χ1v) is 6.04. The van der Waals surface area contributed by atoms with Gasteiger partial charge in [-0.1, -0.05) is 12.1 Å². The van der Waals surface area contributed by atoms with Crippen molar-refractivity contribution < 1.29 is 22.7 Å². The van der Waals surface area contributed by atoms with Crippen LogP contribution in [0.2, 0.25) is 0 Å². The first-order valence-electron chi connectivity index (χ1n) is 6.04. The minimum Gasteiger partial charge on any atom is -0.465 e. The van der Waals surface area contributed by atoms with Gasteiger partial charge in [0.2, 0.25) is 0 Å². The lowest BCUT2D eigenvalue weighted by molar-refractivity contribution is -0.138. The molecule has 21 heavy (non-hydrogen) atoms. The summed E-state index contributed by atoms with van der Waals surface area (Å²) < 4.78 is 43.3. The predicted molar refractivity (Wildman–Crippen MR) is 70.8 cm³/mol. The summed E-state index contributed by atoms with van der Waals surface area (Å²) in [6.45, 7) is 1.40. The van der Waals surface area contributed by atoms with Crippen molar-refractivity contribution in [1.82, 2.24) is 4.98 Å². The van der Waals surface area contributed by atoms with E-state index in [1.165, 1.54) is 38.6 Å². The molecule has 0 atom stereocenters. The molecule has 0 aliphatic heterocycles. The quantitative estimate of drug-likeness (QED) is 0.790. The molecule has 0 aliphatic carbocycles. The maximum absolute atomic E-state index is 12.9. The summed E-state index contributed by atoms with van der Waals surface area (Å²) in [6, 6.07) is 5.45. The highest BCUT2D eigenvalue weighted by molar-refractivity contribution is 5.90. The molecule has 0 N–H and O–H groups in total. The Bertz CT molecular complexity index is 681. The van der Waals surface area contributed by atoms with E-state index in [1.54, 1.807) is 6.07 Å². The van der Waals surface area contributed by atoms with Crippen LogP contribution in [-0.2, 0) is 10.9 Å². The lowest BCUT2D eigenvalue weighted by atomic mass is 10.00. The minimum absolute atomic E-state index is 0.142. The zero-order chi connectivity index (χ0) is 15.6. The molecule has 0 amide bonds. The number of pyridine rings is 1. The molecule has 2 rings (SSSR count). The molecule has 0 bridgehead atoms.